The van der Waals surface area contributed by atoms with Crippen molar-refractivity contribution in [3.8, 4) is 5.75 Å². The molecule has 1 atom stereocenters. The van der Waals surface area contributed by atoms with Crippen molar-refractivity contribution in [3.05, 3.63) is 51.7 Å². The molecule has 24 heavy (non-hydrogen) atoms. The molecule has 0 amide bonds. The van der Waals surface area contributed by atoms with Crippen molar-refractivity contribution in [2.75, 3.05) is 26.2 Å². The summed E-state index contributed by atoms with van der Waals surface area (Å²) < 4.78 is 40.9. The fourth-order valence-electron chi connectivity index (χ4n) is 2.95. The molecule has 7 heteroatoms. The Balaban J connectivity index is 1.87. The molecule has 0 unspecified atom stereocenters. The van der Waals surface area contributed by atoms with Gasteiger partial charge in [0.1, 0.15) is 5.75 Å². The van der Waals surface area contributed by atoms with E-state index in [1.165, 1.54) is 21.9 Å². The fraction of sp³-hybridized carbons (Fsp3) is 0.412. The van der Waals surface area contributed by atoms with Gasteiger partial charge >= 0.3 is 6.36 Å². The topological polar surface area (TPSA) is 24.5 Å². The van der Waals surface area contributed by atoms with Crippen LogP contribution in [-0.4, -0.2) is 37.4 Å². The first-order chi connectivity index (χ1) is 11.4. The molecule has 1 fully saturated rings. The van der Waals surface area contributed by atoms with E-state index in [1.807, 2.05) is 0 Å². The molecular formula is C17H19F3N2OS. The first-order valence-electron chi connectivity index (χ1n) is 7.79. The Morgan fingerprint density at radius 1 is 1.08 bits per heavy atom. The van der Waals surface area contributed by atoms with Gasteiger partial charge in [-0.25, -0.2) is 0 Å². The van der Waals surface area contributed by atoms with E-state index < -0.39 is 6.36 Å². The van der Waals surface area contributed by atoms with Crippen molar-refractivity contribution < 1.29 is 17.9 Å². The molecule has 130 valence electrons. The second kappa shape index (κ2) is 7.13. The summed E-state index contributed by atoms with van der Waals surface area (Å²) in [5, 5.41) is 3.33. The Morgan fingerprint density at radius 2 is 1.75 bits per heavy atom. The highest BCUT2D eigenvalue weighted by atomic mass is 32.1. The van der Waals surface area contributed by atoms with Gasteiger partial charge in [-0.3, -0.25) is 4.90 Å². The molecule has 0 saturated carbocycles. The van der Waals surface area contributed by atoms with Crippen LogP contribution in [0.2, 0.25) is 0 Å². The van der Waals surface area contributed by atoms with Crippen molar-refractivity contribution in [2.45, 2.75) is 19.3 Å². The second-order valence-corrected chi connectivity index (χ2v) is 7.07. The van der Waals surface area contributed by atoms with Gasteiger partial charge in [-0.1, -0.05) is 12.1 Å². The highest BCUT2D eigenvalue weighted by molar-refractivity contribution is 7.12. The number of ether oxygens (including phenoxy) is 1. The van der Waals surface area contributed by atoms with Crippen LogP contribution in [0.4, 0.5) is 13.2 Å². The summed E-state index contributed by atoms with van der Waals surface area (Å²) in [6.45, 7) is 5.69. The van der Waals surface area contributed by atoms with Crippen LogP contribution in [0.1, 0.15) is 21.4 Å². The van der Waals surface area contributed by atoms with Crippen molar-refractivity contribution in [3.63, 3.8) is 0 Å². The van der Waals surface area contributed by atoms with Crippen LogP contribution >= 0.6 is 11.3 Å². The van der Waals surface area contributed by atoms with Crippen LogP contribution in [0.5, 0.6) is 5.75 Å². The number of hydrogen-bond donors (Lipinski definition) is 1. The van der Waals surface area contributed by atoms with Crippen molar-refractivity contribution in [1.29, 1.82) is 0 Å². The SMILES string of the molecule is Cc1ccc([C@@H](c2ccc(OC(F)(F)F)cc2)N2CCNCC2)s1. The van der Waals surface area contributed by atoms with Gasteiger partial charge in [-0.15, -0.1) is 24.5 Å². The number of piperazine rings is 1. The summed E-state index contributed by atoms with van der Waals surface area (Å²) in [7, 11) is 0. The lowest BCUT2D eigenvalue weighted by molar-refractivity contribution is -0.274. The van der Waals surface area contributed by atoms with Crippen molar-refractivity contribution in [2.24, 2.45) is 0 Å². The normalized spacial score (nSPS) is 17.7. The summed E-state index contributed by atoms with van der Waals surface area (Å²) in [6.07, 6.45) is -4.66. The molecule has 0 radical (unpaired) electrons. The van der Waals surface area contributed by atoms with Gasteiger partial charge < -0.3 is 10.1 Å². The van der Waals surface area contributed by atoms with E-state index in [0.29, 0.717) is 0 Å². The summed E-state index contributed by atoms with van der Waals surface area (Å²) >= 11 is 1.73. The predicted molar refractivity (Wildman–Crippen MR) is 88.5 cm³/mol. The monoisotopic (exact) mass is 356 g/mol. The van der Waals surface area contributed by atoms with Gasteiger partial charge in [0.2, 0.25) is 0 Å². The molecule has 2 heterocycles. The maximum Gasteiger partial charge on any atom is 0.573 e. The van der Waals surface area contributed by atoms with Gasteiger partial charge in [-0.05, 0) is 36.8 Å². The molecule has 1 aliphatic heterocycles. The molecule has 3 nitrogen and oxygen atoms in total. The molecular weight excluding hydrogens is 337 g/mol. The highest BCUT2D eigenvalue weighted by Crippen LogP contribution is 2.34. The zero-order chi connectivity index (χ0) is 17.2. The number of nitrogens with zero attached hydrogens (tertiary/aromatic N) is 1. The smallest absolute Gasteiger partial charge is 0.406 e. The summed E-state index contributed by atoms with van der Waals surface area (Å²) in [5.74, 6) is -0.187. The average molecular weight is 356 g/mol. The van der Waals surface area contributed by atoms with Gasteiger partial charge in [0, 0.05) is 35.9 Å². The number of benzene rings is 1. The Morgan fingerprint density at radius 3 is 2.29 bits per heavy atom. The average Bonchev–Trinajstić information content (AvgIpc) is 2.95. The van der Waals surface area contributed by atoms with Gasteiger partial charge in [-0.2, -0.15) is 0 Å². The zero-order valence-corrected chi connectivity index (χ0v) is 14.1. The van der Waals surface area contributed by atoms with Crippen LogP contribution in [0.3, 0.4) is 0 Å². The van der Waals surface area contributed by atoms with Crippen LogP contribution in [0.15, 0.2) is 36.4 Å². The van der Waals surface area contributed by atoms with Crippen molar-refractivity contribution in [1.82, 2.24) is 10.2 Å². The minimum absolute atomic E-state index is 0.0609. The third-order valence-electron chi connectivity index (χ3n) is 3.98. The largest absolute Gasteiger partial charge is 0.573 e. The van der Waals surface area contributed by atoms with Crippen molar-refractivity contribution >= 4 is 11.3 Å². The lowest BCUT2D eigenvalue weighted by Gasteiger charge is -2.34. The van der Waals surface area contributed by atoms with E-state index in [-0.39, 0.29) is 11.8 Å². The molecule has 1 aliphatic rings. The number of hydrogen-bond acceptors (Lipinski definition) is 4. The quantitative estimate of drug-likeness (QED) is 0.898. The number of nitrogens with one attached hydrogen (secondary N) is 1. The van der Waals surface area contributed by atoms with E-state index in [2.05, 4.69) is 34.0 Å². The lowest BCUT2D eigenvalue weighted by Crippen LogP contribution is -2.45. The van der Waals surface area contributed by atoms with E-state index in [0.717, 1.165) is 31.7 Å². The number of aryl methyl sites for hydroxylation is 1. The molecule has 3 rings (SSSR count). The van der Waals surface area contributed by atoms with E-state index >= 15 is 0 Å². The third kappa shape index (κ3) is 4.28. The first kappa shape index (κ1) is 17.3. The molecule has 1 aromatic carbocycles. The van der Waals surface area contributed by atoms with Gasteiger partial charge in [0.05, 0.1) is 6.04 Å². The Labute approximate surface area is 143 Å². The zero-order valence-electron chi connectivity index (χ0n) is 13.3. The fourth-order valence-corrected chi connectivity index (χ4v) is 3.99. The minimum Gasteiger partial charge on any atom is -0.406 e. The van der Waals surface area contributed by atoms with Gasteiger partial charge in [0.15, 0.2) is 0 Å². The minimum atomic E-state index is -4.66. The predicted octanol–water partition coefficient (Wildman–Crippen LogP) is 3.95. The van der Waals surface area contributed by atoms with Crippen LogP contribution < -0.4 is 10.1 Å². The first-order valence-corrected chi connectivity index (χ1v) is 8.61. The molecule has 1 N–H and O–H groups in total. The molecule has 0 aliphatic carbocycles. The number of halogens is 3. The lowest BCUT2D eigenvalue weighted by atomic mass is 10.0. The second-order valence-electron chi connectivity index (χ2n) is 5.75. The number of alkyl halides is 3. The molecule has 0 bridgehead atoms. The van der Waals surface area contributed by atoms with Crippen LogP contribution in [0.25, 0.3) is 0 Å². The third-order valence-corrected chi connectivity index (χ3v) is 5.03. The summed E-state index contributed by atoms with van der Waals surface area (Å²) in [4.78, 5) is 4.79. The molecule has 1 aromatic heterocycles. The molecule has 2 aromatic rings. The van der Waals surface area contributed by atoms with E-state index in [1.54, 1.807) is 23.5 Å². The Hall–Kier alpha value is -1.57. The van der Waals surface area contributed by atoms with E-state index in [9.17, 15) is 13.2 Å². The summed E-state index contributed by atoms with van der Waals surface area (Å²) in [5.41, 5.74) is 0.980. The number of rotatable bonds is 4. The van der Waals surface area contributed by atoms with Gasteiger partial charge in [0.25, 0.3) is 0 Å². The Bertz CT molecular complexity index is 663. The summed E-state index contributed by atoms with van der Waals surface area (Å²) in [6, 6.07) is 10.5. The maximum absolute atomic E-state index is 12.3. The Kier molecular flexibility index (Phi) is 5.12. The standard InChI is InChI=1S/C17H19F3N2OS/c1-12-2-7-15(24-12)16(22-10-8-21-9-11-22)13-3-5-14(6-4-13)23-17(18,19)20/h2-7,16,21H,8-11H2,1H3/t16-/m1/s1. The molecule has 1 saturated heterocycles. The van der Waals surface area contributed by atoms with Crippen LogP contribution in [0, 0.1) is 6.92 Å². The highest BCUT2D eigenvalue weighted by Gasteiger charge is 2.31. The number of thiophene rings is 1. The maximum atomic E-state index is 12.3. The molecule has 0 spiro atoms. The van der Waals surface area contributed by atoms with Crippen LogP contribution in [-0.2, 0) is 0 Å². The van der Waals surface area contributed by atoms with E-state index in [4.69, 9.17) is 0 Å².